The Labute approximate surface area is 143 Å². The van der Waals surface area contributed by atoms with Crippen LogP contribution in [0.3, 0.4) is 0 Å². The number of nitrogens with one attached hydrogen (secondary N) is 3. The molecule has 0 bridgehead atoms. The molecule has 1 fully saturated rings. The molecule has 126 valence electrons. The number of hydrogen-bond donors (Lipinski definition) is 3. The van der Waals surface area contributed by atoms with Crippen molar-refractivity contribution >= 4 is 16.9 Å². The first kappa shape index (κ1) is 14.5. The lowest BCUT2D eigenvalue weighted by molar-refractivity contribution is 0.0365. The van der Waals surface area contributed by atoms with Gasteiger partial charge in [-0.3, -0.25) is 5.48 Å². The third kappa shape index (κ3) is 2.46. The summed E-state index contributed by atoms with van der Waals surface area (Å²) in [6, 6.07) is 12.1. The van der Waals surface area contributed by atoms with Crippen molar-refractivity contribution in [2.45, 2.75) is 26.0 Å². The van der Waals surface area contributed by atoms with E-state index in [9.17, 15) is 4.79 Å². The molecule has 1 aliphatic carbocycles. The molecule has 0 radical (unpaired) electrons. The summed E-state index contributed by atoms with van der Waals surface area (Å²) >= 11 is 0. The van der Waals surface area contributed by atoms with Crippen LogP contribution in [0.15, 0.2) is 46.2 Å². The summed E-state index contributed by atoms with van der Waals surface area (Å²) in [6.45, 7) is 2.09. The quantitative estimate of drug-likeness (QED) is 0.688. The highest BCUT2D eigenvalue weighted by atomic mass is 16.7. The number of aromatic nitrogens is 2. The van der Waals surface area contributed by atoms with Crippen LogP contribution in [0.2, 0.25) is 0 Å². The van der Waals surface area contributed by atoms with Crippen LogP contribution in [0, 0.1) is 12.8 Å². The molecule has 3 aromatic rings. The van der Waals surface area contributed by atoms with E-state index in [1.54, 1.807) is 0 Å². The number of imidazole rings is 1. The van der Waals surface area contributed by atoms with E-state index in [-0.39, 0.29) is 11.9 Å². The fraction of sp³-hybridized carbons (Fsp3) is 0.263. The maximum Gasteiger partial charge on any atom is 0.323 e. The maximum atomic E-state index is 11.5. The molecule has 1 atom stereocenters. The summed E-state index contributed by atoms with van der Waals surface area (Å²) in [5.74, 6) is 1.52. The predicted octanol–water partition coefficient (Wildman–Crippen LogP) is 3.17. The Hall–Kier alpha value is -2.86. The van der Waals surface area contributed by atoms with Crippen LogP contribution in [0.25, 0.3) is 22.2 Å². The number of amidine groups is 1. The van der Waals surface area contributed by atoms with Crippen molar-refractivity contribution in [3.05, 3.63) is 58.0 Å². The van der Waals surface area contributed by atoms with Gasteiger partial charge in [-0.05, 0) is 48.6 Å². The molecule has 1 aliphatic heterocycles. The average Bonchev–Trinajstić information content (AvgIpc) is 3.22. The molecule has 2 heterocycles. The Balaban J connectivity index is 1.56. The van der Waals surface area contributed by atoms with Gasteiger partial charge in [-0.15, -0.1) is 0 Å². The van der Waals surface area contributed by atoms with E-state index in [0.717, 1.165) is 39.1 Å². The molecule has 0 saturated heterocycles. The van der Waals surface area contributed by atoms with Crippen LogP contribution in [0.1, 0.15) is 30.2 Å². The topological polar surface area (TPSA) is 82.3 Å². The molecule has 2 aliphatic rings. The summed E-state index contributed by atoms with van der Waals surface area (Å²) < 4.78 is 0. The van der Waals surface area contributed by atoms with Crippen molar-refractivity contribution in [1.29, 1.82) is 0 Å². The maximum absolute atomic E-state index is 11.5. The SMILES string of the molecule is Cc1c(-c2ccc3[nH]c(=O)[nH]c3c2)cccc1C1N=C(C2CC2)NO1. The zero-order valence-electron chi connectivity index (χ0n) is 13.8. The summed E-state index contributed by atoms with van der Waals surface area (Å²) in [6.07, 6.45) is 2.08. The first-order chi connectivity index (χ1) is 12.2. The summed E-state index contributed by atoms with van der Waals surface area (Å²) in [5, 5.41) is 0. The van der Waals surface area contributed by atoms with E-state index in [0.29, 0.717) is 5.92 Å². The second kappa shape index (κ2) is 5.32. The van der Waals surface area contributed by atoms with Crippen molar-refractivity contribution < 1.29 is 4.84 Å². The molecule has 6 nitrogen and oxygen atoms in total. The number of hydrogen-bond acceptors (Lipinski definition) is 4. The van der Waals surface area contributed by atoms with Gasteiger partial charge in [-0.1, -0.05) is 24.3 Å². The second-order valence-corrected chi connectivity index (χ2v) is 6.72. The van der Waals surface area contributed by atoms with E-state index in [4.69, 9.17) is 9.83 Å². The summed E-state index contributed by atoms with van der Waals surface area (Å²) in [7, 11) is 0. The molecule has 0 amide bonds. The van der Waals surface area contributed by atoms with Gasteiger partial charge in [0.15, 0.2) is 0 Å². The lowest BCUT2D eigenvalue weighted by Gasteiger charge is -2.14. The Morgan fingerprint density at radius 3 is 2.80 bits per heavy atom. The molecule has 5 rings (SSSR count). The second-order valence-electron chi connectivity index (χ2n) is 6.72. The fourth-order valence-electron chi connectivity index (χ4n) is 3.41. The average molecular weight is 334 g/mol. The highest BCUT2D eigenvalue weighted by Crippen LogP contribution is 2.36. The zero-order valence-corrected chi connectivity index (χ0v) is 13.8. The van der Waals surface area contributed by atoms with Crippen LogP contribution < -0.4 is 11.2 Å². The number of rotatable bonds is 3. The Kier molecular flexibility index (Phi) is 3.08. The van der Waals surface area contributed by atoms with Crippen molar-refractivity contribution in [3.8, 4) is 11.1 Å². The van der Waals surface area contributed by atoms with Gasteiger partial charge in [0.05, 0.1) is 11.0 Å². The molecular weight excluding hydrogens is 316 g/mol. The summed E-state index contributed by atoms with van der Waals surface area (Å²) in [4.78, 5) is 27.5. The Morgan fingerprint density at radius 2 is 1.96 bits per heavy atom. The number of aliphatic imine (C=N–C) groups is 1. The third-order valence-corrected chi connectivity index (χ3v) is 4.96. The normalized spacial score (nSPS) is 19.9. The van der Waals surface area contributed by atoms with Crippen LogP contribution >= 0.6 is 0 Å². The van der Waals surface area contributed by atoms with Crippen LogP contribution in [0.5, 0.6) is 0 Å². The molecule has 6 heteroatoms. The van der Waals surface area contributed by atoms with Gasteiger partial charge in [0.2, 0.25) is 6.23 Å². The van der Waals surface area contributed by atoms with E-state index < -0.39 is 0 Å². The zero-order chi connectivity index (χ0) is 17.0. The lowest BCUT2D eigenvalue weighted by Crippen LogP contribution is -2.18. The third-order valence-electron chi connectivity index (χ3n) is 4.96. The monoisotopic (exact) mass is 334 g/mol. The highest BCUT2D eigenvalue weighted by Gasteiger charge is 2.33. The van der Waals surface area contributed by atoms with Gasteiger partial charge >= 0.3 is 5.69 Å². The minimum atomic E-state index is -0.300. The minimum Gasteiger partial charge on any atom is -0.306 e. The number of hydroxylamine groups is 1. The van der Waals surface area contributed by atoms with Gasteiger partial charge in [-0.2, -0.15) is 0 Å². The molecule has 1 aromatic heterocycles. The van der Waals surface area contributed by atoms with Crippen LogP contribution in [-0.4, -0.2) is 15.8 Å². The van der Waals surface area contributed by atoms with Crippen molar-refractivity contribution in [2.75, 3.05) is 0 Å². The summed E-state index contributed by atoms with van der Waals surface area (Å²) in [5.41, 5.74) is 8.77. The van der Waals surface area contributed by atoms with Gasteiger partial charge in [0.25, 0.3) is 0 Å². The van der Waals surface area contributed by atoms with E-state index in [1.165, 1.54) is 12.8 Å². The van der Waals surface area contributed by atoms with Gasteiger partial charge < -0.3 is 9.97 Å². The molecule has 3 N–H and O–H groups in total. The molecular formula is C19H18N4O2. The number of aromatic amines is 2. The number of benzene rings is 2. The van der Waals surface area contributed by atoms with Crippen molar-refractivity contribution in [1.82, 2.24) is 15.4 Å². The number of H-pyrrole nitrogens is 2. The first-order valence-corrected chi connectivity index (χ1v) is 8.50. The molecule has 1 unspecified atom stereocenters. The smallest absolute Gasteiger partial charge is 0.306 e. The standard InChI is InChI=1S/C19H18N4O2/c1-10-13(12-7-8-15-16(9-12)21-19(24)20-15)3-2-4-14(10)18-22-17(23-25-18)11-5-6-11/h2-4,7-9,11,18H,5-6H2,1H3,(H,22,23)(H2,20,21,24). The van der Waals surface area contributed by atoms with E-state index in [1.807, 2.05) is 24.3 Å². The van der Waals surface area contributed by atoms with Gasteiger partial charge in [-0.25, -0.2) is 14.6 Å². The molecule has 0 spiro atoms. The largest absolute Gasteiger partial charge is 0.323 e. The highest BCUT2D eigenvalue weighted by molar-refractivity contribution is 5.87. The number of fused-ring (bicyclic) bond motifs is 1. The molecule has 2 aromatic carbocycles. The lowest BCUT2D eigenvalue weighted by atomic mass is 9.95. The van der Waals surface area contributed by atoms with Crippen molar-refractivity contribution in [3.63, 3.8) is 0 Å². The minimum absolute atomic E-state index is 0.190. The fourth-order valence-corrected chi connectivity index (χ4v) is 3.41. The molecule has 1 saturated carbocycles. The Bertz CT molecular complexity index is 1060. The van der Waals surface area contributed by atoms with E-state index >= 15 is 0 Å². The Morgan fingerprint density at radius 1 is 1.12 bits per heavy atom. The van der Waals surface area contributed by atoms with E-state index in [2.05, 4.69) is 34.5 Å². The molecule has 25 heavy (non-hydrogen) atoms. The van der Waals surface area contributed by atoms with Crippen molar-refractivity contribution in [2.24, 2.45) is 10.9 Å². The van der Waals surface area contributed by atoms with Crippen LogP contribution in [0.4, 0.5) is 0 Å². The first-order valence-electron chi connectivity index (χ1n) is 8.50. The van der Waals surface area contributed by atoms with Crippen LogP contribution in [-0.2, 0) is 4.84 Å². The van der Waals surface area contributed by atoms with Gasteiger partial charge in [0.1, 0.15) is 5.84 Å². The predicted molar refractivity (Wildman–Crippen MR) is 96.2 cm³/mol. The number of nitrogens with zero attached hydrogens (tertiary/aromatic N) is 1. The van der Waals surface area contributed by atoms with Gasteiger partial charge in [0, 0.05) is 11.5 Å².